The van der Waals surface area contributed by atoms with Gasteiger partial charge in [0.05, 0.1) is 5.92 Å². The Hall–Kier alpha value is -1.15. The van der Waals surface area contributed by atoms with E-state index in [1.54, 1.807) is 5.38 Å². The van der Waals surface area contributed by atoms with Gasteiger partial charge in [-0.05, 0) is 12.8 Å². The zero-order valence-corrected chi connectivity index (χ0v) is 10.9. The first kappa shape index (κ1) is 14.3. The van der Waals surface area contributed by atoms with E-state index in [1.165, 1.54) is 16.2 Å². The number of hydrogen-bond donors (Lipinski definition) is 1. The van der Waals surface area contributed by atoms with Gasteiger partial charge < -0.3 is 10.6 Å². The van der Waals surface area contributed by atoms with Crippen LogP contribution in [0.1, 0.15) is 28.3 Å². The Bertz CT molecular complexity index is 460. The van der Waals surface area contributed by atoms with Gasteiger partial charge in [-0.3, -0.25) is 4.79 Å². The van der Waals surface area contributed by atoms with Crippen LogP contribution in [0.4, 0.5) is 13.2 Å². The molecule has 106 valence electrons. The third-order valence-electron chi connectivity index (χ3n) is 3.12. The van der Waals surface area contributed by atoms with E-state index >= 15 is 0 Å². The first-order valence-corrected chi connectivity index (χ1v) is 6.80. The molecule has 0 aliphatic carbocycles. The number of rotatable bonds is 2. The number of nitrogens with zero attached hydrogens (tertiary/aromatic N) is 2. The van der Waals surface area contributed by atoms with Crippen LogP contribution in [0.3, 0.4) is 0 Å². The van der Waals surface area contributed by atoms with Gasteiger partial charge in [-0.1, -0.05) is 0 Å². The number of carbonyl (C=O) groups is 1. The largest absolute Gasteiger partial charge is 0.393 e. The minimum absolute atomic E-state index is 0.0817. The van der Waals surface area contributed by atoms with Gasteiger partial charge in [-0.25, -0.2) is 4.98 Å². The summed E-state index contributed by atoms with van der Waals surface area (Å²) in [6.07, 6.45) is -3.80. The summed E-state index contributed by atoms with van der Waals surface area (Å²) in [5, 5.41) is 2.15. The van der Waals surface area contributed by atoms with E-state index in [4.69, 9.17) is 5.73 Å². The number of aromatic nitrogens is 1. The van der Waals surface area contributed by atoms with E-state index in [1.807, 2.05) is 0 Å². The minimum Gasteiger partial charge on any atom is -0.337 e. The molecule has 4 nitrogen and oxygen atoms in total. The second-order valence-electron chi connectivity index (χ2n) is 4.46. The molecule has 0 unspecified atom stereocenters. The smallest absolute Gasteiger partial charge is 0.337 e. The summed E-state index contributed by atoms with van der Waals surface area (Å²) in [4.78, 5) is 17.3. The summed E-state index contributed by atoms with van der Waals surface area (Å²) in [6.45, 7) is 0.293. The fraction of sp³-hybridized carbons (Fsp3) is 0.636. The minimum atomic E-state index is -4.25. The number of piperidine rings is 1. The zero-order valence-electron chi connectivity index (χ0n) is 10.1. The van der Waals surface area contributed by atoms with Crippen molar-refractivity contribution in [2.75, 3.05) is 13.1 Å². The maximum absolute atomic E-state index is 12.7. The van der Waals surface area contributed by atoms with Crippen molar-refractivity contribution in [3.05, 3.63) is 16.1 Å². The van der Waals surface area contributed by atoms with Crippen molar-refractivity contribution < 1.29 is 18.0 Å². The lowest BCUT2D eigenvalue weighted by Crippen LogP contribution is -2.44. The summed E-state index contributed by atoms with van der Waals surface area (Å²) < 4.78 is 38.0. The van der Waals surface area contributed by atoms with E-state index in [2.05, 4.69) is 4.98 Å². The molecule has 8 heteroatoms. The van der Waals surface area contributed by atoms with Crippen molar-refractivity contribution in [2.24, 2.45) is 11.7 Å². The number of carbonyl (C=O) groups excluding carboxylic acids is 1. The van der Waals surface area contributed by atoms with Crippen LogP contribution in [0.15, 0.2) is 5.38 Å². The van der Waals surface area contributed by atoms with E-state index in [-0.39, 0.29) is 25.2 Å². The van der Waals surface area contributed by atoms with Gasteiger partial charge >= 0.3 is 6.18 Å². The van der Waals surface area contributed by atoms with Crippen molar-refractivity contribution in [1.82, 2.24) is 9.88 Å². The zero-order chi connectivity index (χ0) is 14.0. The predicted molar refractivity (Wildman–Crippen MR) is 64.7 cm³/mol. The summed E-state index contributed by atoms with van der Waals surface area (Å²) in [5.41, 5.74) is 5.58. The van der Waals surface area contributed by atoms with Gasteiger partial charge in [0.2, 0.25) is 0 Å². The summed E-state index contributed by atoms with van der Waals surface area (Å²) in [6, 6.07) is 0. The highest BCUT2D eigenvalue weighted by molar-refractivity contribution is 7.09. The number of thiazole rings is 1. The monoisotopic (exact) mass is 293 g/mol. The Kier molecular flexibility index (Phi) is 4.10. The summed E-state index contributed by atoms with van der Waals surface area (Å²) >= 11 is 1.24. The van der Waals surface area contributed by atoms with E-state index in [0.29, 0.717) is 18.0 Å². The van der Waals surface area contributed by atoms with Crippen LogP contribution in [-0.4, -0.2) is 35.1 Å². The molecule has 1 aliphatic heterocycles. The van der Waals surface area contributed by atoms with Gasteiger partial charge in [-0.2, -0.15) is 13.2 Å². The Balaban J connectivity index is 2.07. The molecule has 2 rings (SSSR count). The van der Waals surface area contributed by atoms with Crippen LogP contribution < -0.4 is 5.73 Å². The third kappa shape index (κ3) is 3.24. The molecular formula is C11H14F3N3OS. The van der Waals surface area contributed by atoms with Crippen LogP contribution in [0.2, 0.25) is 0 Å². The highest BCUT2D eigenvalue weighted by Gasteiger charge is 2.42. The van der Waals surface area contributed by atoms with E-state index in [9.17, 15) is 18.0 Å². The Morgan fingerprint density at radius 1 is 1.58 bits per heavy atom. The topological polar surface area (TPSA) is 59.2 Å². The standard InChI is InChI=1S/C11H14F3N3OS/c12-11(13,14)7-2-1-3-17(5-7)10(18)8-6-19-9(4-15)16-8/h6-7H,1-5,15H2/t7-/m0/s1. The summed E-state index contributed by atoms with van der Waals surface area (Å²) in [7, 11) is 0. The molecule has 1 aromatic rings. The number of halogens is 3. The molecule has 2 heterocycles. The Labute approximate surface area is 112 Å². The predicted octanol–water partition coefficient (Wildman–Crippen LogP) is 2.02. The average Bonchev–Trinajstić information content (AvgIpc) is 2.86. The maximum atomic E-state index is 12.7. The maximum Gasteiger partial charge on any atom is 0.393 e. The van der Waals surface area contributed by atoms with Gasteiger partial charge in [-0.15, -0.1) is 11.3 Å². The second-order valence-corrected chi connectivity index (χ2v) is 5.41. The lowest BCUT2D eigenvalue weighted by atomic mass is 9.97. The normalized spacial score (nSPS) is 20.6. The van der Waals surface area contributed by atoms with E-state index < -0.39 is 18.0 Å². The van der Waals surface area contributed by atoms with Crippen LogP contribution in [0, 0.1) is 5.92 Å². The molecule has 1 atom stereocenters. The molecule has 0 radical (unpaired) electrons. The molecular weight excluding hydrogens is 279 g/mol. The fourth-order valence-corrected chi connectivity index (χ4v) is 2.74. The SMILES string of the molecule is NCc1nc(C(=O)N2CCC[C@H](C(F)(F)F)C2)cs1. The molecule has 1 amide bonds. The van der Waals surface area contributed by atoms with E-state index in [0.717, 1.165) is 0 Å². The molecule has 2 N–H and O–H groups in total. The van der Waals surface area contributed by atoms with Crippen LogP contribution in [0.5, 0.6) is 0 Å². The average molecular weight is 293 g/mol. The van der Waals surface area contributed by atoms with Crippen molar-refractivity contribution >= 4 is 17.2 Å². The highest BCUT2D eigenvalue weighted by Crippen LogP contribution is 2.33. The highest BCUT2D eigenvalue weighted by atomic mass is 32.1. The van der Waals surface area contributed by atoms with Gasteiger partial charge in [0.25, 0.3) is 5.91 Å². The van der Waals surface area contributed by atoms with Gasteiger partial charge in [0, 0.05) is 25.0 Å². The van der Waals surface area contributed by atoms with Crippen molar-refractivity contribution in [3.63, 3.8) is 0 Å². The molecule has 1 fully saturated rings. The van der Waals surface area contributed by atoms with Crippen LogP contribution >= 0.6 is 11.3 Å². The Morgan fingerprint density at radius 2 is 2.32 bits per heavy atom. The molecule has 0 bridgehead atoms. The number of alkyl halides is 3. The Morgan fingerprint density at radius 3 is 2.89 bits per heavy atom. The first-order chi connectivity index (χ1) is 8.91. The number of hydrogen-bond acceptors (Lipinski definition) is 4. The molecule has 1 saturated heterocycles. The molecule has 0 saturated carbocycles. The van der Waals surface area contributed by atoms with Crippen LogP contribution in [-0.2, 0) is 6.54 Å². The second kappa shape index (κ2) is 5.46. The summed E-state index contributed by atoms with van der Waals surface area (Å²) in [5.74, 6) is -1.87. The van der Waals surface area contributed by atoms with Crippen molar-refractivity contribution in [2.45, 2.75) is 25.6 Å². The molecule has 0 spiro atoms. The molecule has 1 aliphatic rings. The lowest BCUT2D eigenvalue weighted by molar-refractivity contribution is -0.184. The van der Waals surface area contributed by atoms with Gasteiger partial charge in [0.1, 0.15) is 10.7 Å². The quantitative estimate of drug-likeness (QED) is 0.907. The third-order valence-corrected chi connectivity index (χ3v) is 3.99. The van der Waals surface area contributed by atoms with Crippen LogP contribution in [0.25, 0.3) is 0 Å². The van der Waals surface area contributed by atoms with Crippen molar-refractivity contribution in [1.29, 1.82) is 0 Å². The molecule has 19 heavy (non-hydrogen) atoms. The number of nitrogens with two attached hydrogens (primary N) is 1. The van der Waals surface area contributed by atoms with Gasteiger partial charge in [0.15, 0.2) is 0 Å². The number of amides is 1. The lowest BCUT2D eigenvalue weighted by Gasteiger charge is -2.33. The molecule has 0 aromatic carbocycles. The fourth-order valence-electron chi connectivity index (χ4n) is 2.09. The van der Waals surface area contributed by atoms with Crippen molar-refractivity contribution in [3.8, 4) is 0 Å². The first-order valence-electron chi connectivity index (χ1n) is 5.92. The molecule has 1 aromatic heterocycles. The number of likely N-dealkylation sites (tertiary alicyclic amines) is 1.